The van der Waals surface area contributed by atoms with Crippen LogP contribution in [0.2, 0.25) is 0 Å². The smallest absolute Gasteiger partial charge is 0.252 e. The van der Waals surface area contributed by atoms with Crippen molar-refractivity contribution in [3.8, 4) is 0 Å². The van der Waals surface area contributed by atoms with Crippen molar-refractivity contribution in [2.75, 3.05) is 50.7 Å². The van der Waals surface area contributed by atoms with Gasteiger partial charge in [-0.3, -0.25) is 19.5 Å². The molecule has 0 aromatic carbocycles. The number of likely N-dealkylation sites (tertiary alicyclic amines) is 1. The molecule has 22 heavy (non-hydrogen) atoms. The van der Waals surface area contributed by atoms with Gasteiger partial charge in [-0.1, -0.05) is 0 Å². The Bertz CT molecular complexity index is 586. The van der Waals surface area contributed by atoms with Crippen LogP contribution in [0, 0.1) is 6.92 Å². The van der Waals surface area contributed by atoms with E-state index >= 15 is 0 Å². The molecule has 3 heterocycles. The van der Waals surface area contributed by atoms with Gasteiger partial charge in [-0.15, -0.1) is 0 Å². The third-order valence-electron chi connectivity index (χ3n) is 4.35. The first-order valence-corrected chi connectivity index (χ1v) is 7.95. The maximum atomic E-state index is 12.2. The number of anilines is 1. The van der Waals surface area contributed by atoms with Crippen molar-refractivity contribution < 1.29 is 4.79 Å². The SMILES string of the molecule is Cc1cc(=O)[nH]c(N2CCN(CC(=O)N3CCCC3)CC2)n1. The number of hydrogen-bond acceptors (Lipinski definition) is 5. The average molecular weight is 305 g/mol. The van der Waals surface area contributed by atoms with Crippen molar-refractivity contribution in [1.82, 2.24) is 19.8 Å². The minimum atomic E-state index is -0.117. The molecule has 3 rings (SSSR count). The monoisotopic (exact) mass is 305 g/mol. The number of hydrogen-bond donors (Lipinski definition) is 1. The van der Waals surface area contributed by atoms with Gasteiger partial charge in [-0.25, -0.2) is 4.98 Å². The zero-order valence-electron chi connectivity index (χ0n) is 13.0. The second kappa shape index (κ2) is 6.48. The van der Waals surface area contributed by atoms with Gasteiger partial charge in [-0.05, 0) is 19.8 Å². The molecule has 0 saturated carbocycles. The Labute approximate surface area is 129 Å². The molecule has 1 N–H and O–H groups in total. The van der Waals surface area contributed by atoms with E-state index in [9.17, 15) is 9.59 Å². The number of nitrogens with one attached hydrogen (secondary N) is 1. The number of piperazine rings is 1. The number of nitrogens with zero attached hydrogens (tertiary/aromatic N) is 4. The van der Waals surface area contributed by atoms with Gasteiger partial charge in [0.25, 0.3) is 5.56 Å². The standard InChI is InChI=1S/C15H23N5O2/c1-12-10-13(21)17-15(16-12)20-8-6-18(7-9-20)11-14(22)19-4-2-3-5-19/h10H,2-9,11H2,1H3,(H,16,17,21). The first kappa shape index (κ1) is 15.0. The molecule has 2 saturated heterocycles. The first-order chi connectivity index (χ1) is 10.6. The maximum Gasteiger partial charge on any atom is 0.252 e. The van der Waals surface area contributed by atoms with Crippen LogP contribution < -0.4 is 10.5 Å². The van der Waals surface area contributed by atoms with Crippen LogP contribution in [0.3, 0.4) is 0 Å². The van der Waals surface area contributed by atoms with E-state index in [0.29, 0.717) is 12.5 Å². The van der Waals surface area contributed by atoms with Crippen LogP contribution in [0.25, 0.3) is 0 Å². The summed E-state index contributed by atoms with van der Waals surface area (Å²) in [5.74, 6) is 0.878. The lowest BCUT2D eigenvalue weighted by molar-refractivity contribution is -0.131. The molecule has 0 spiro atoms. The predicted molar refractivity (Wildman–Crippen MR) is 84.1 cm³/mol. The second-order valence-electron chi connectivity index (χ2n) is 6.06. The van der Waals surface area contributed by atoms with Crippen LogP contribution in [0.5, 0.6) is 0 Å². The molecular formula is C15H23N5O2. The highest BCUT2D eigenvalue weighted by molar-refractivity contribution is 5.78. The zero-order chi connectivity index (χ0) is 15.5. The van der Waals surface area contributed by atoms with Crippen LogP contribution in [-0.4, -0.2) is 71.5 Å². The van der Waals surface area contributed by atoms with E-state index in [1.54, 1.807) is 0 Å². The Balaban J connectivity index is 1.53. The summed E-state index contributed by atoms with van der Waals surface area (Å²) >= 11 is 0. The van der Waals surface area contributed by atoms with Gasteiger partial charge in [-0.2, -0.15) is 0 Å². The molecule has 1 amide bonds. The number of aromatic amines is 1. The summed E-state index contributed by atoms with van der Waals surface area (Å²) in [6.45, 7) is 7.34. The maximum absolute atomic E-state index is 12.2. The average Bonchev–Trinajstić information content (AvgIpc) is 3.01. The minimum Gasteiger partial charge on any atom is -0.342 e. The Morgan fingerprint density at radius 1 is 1.18 bits per heavy atom. The topological polar surface area (TPSA) is 72.5 Å². The van der Waals surface area contributed by atoms with E-state index in [1.165, 1.54) is 6.07 Å². The van der Waals surface area contributed by atoms with Crippen LogP contribution >= 0.6 is 0 Å². The molecule has 0 radical (unpaired) electrons. The number of rotatable bonds is 3. The largest absolute Gasteiger partial charge is 0.342 e. The molecule has 1 aromatic rings. The number of H-pyrrole nitrogens is 1. The van der Waals surface area contributed by atoms with Crippen LogP contribution in [0.1, 0.15) is 18.5 Å². The highest BCUT2D eigenvalue weighted by Crippen LogP contribution is 2.12. The first-order valence-electron chi connectivity index (χ1n) is 7.95. The lowest BCUT2D eigenvalue weighted by Crippen LogP contribution is -2.50. The van der Waals surface area contributed by atoms with Gasteiger partial charge in [0.2, 0.25) is 11.9 Å². The van der Waals surface area contributed by atoms with E-state index in [4.69, 9.17) is 0 Å². The molecule has 120 valence electrons. The third-order valence-corrected chi connectivity index (χ3v) is 4.35. The highest BCUT2D eigenvalue weighted by atomic mass is 16.2. The summed E-state index contributed by atoms with van der Waals surface area (Å²) in [5.41, 5.74) is 0.611. The van der Waals surface area contributed by atoms with Crippen molar-refractivity contribution in [3.63, 3.8) is 0 Å². The molecule has 2 fully saturated rings. The molecule has 0 atom stereocenters. The van der Waals surface area contributed by atoms with E-state index in [-0.39, 0.29) is 11.5 Å². The Hall–Kier alpha value is -1.89. The zero-order valence-corrected chi connectivity index (χ0v) is 13.0. The summed E-state index contributed by atoms with van der Waals surface area (Å²) in [4.78, 5) is 37.1. The van der Waals surface area contributed by atoms with E-state index in [2.05, 4.69) is 19.8 Å². The molecule has 1 aromatic heterocycles. The molecule has 0 aliphatic carbocycles. The number of carbonyl (C=O) groups is 1. The van der Waals surface area contributed by atoms with Gasteiger partial charge >= 0.3 is 0 Å². The molecule has 2 aliphatic rings. The minimum absolute atomic E-state index is 0.117. The second-order valence-corrected chi connectivity index (χ2v) is 6.06. The molecule has 7 heteroatoms. The Morgan fingerprint density at radius 2 is 1.86 bits per heavy atom. The van der Waals surface area contributed by atoms with Crippen molar-refractivity contribution in [1.29, 1.82) is 0 Å². The van der Waals surface area contributed by atoms with Crippen LogP contribution in [0.4, 0.5) is 5.95 Å². The number of carbonyl (C=O) groups excluding carboxylic acids is 1. The van der Waals surface area contributed by atoms with Crippen molar-refractivity contribution >= 4 is 11.9 Å². The van der Waals surface area contributed by atoms with E-state index < -0.39 is 0 Å². The summed E-state index contributed by atoms with van der Waals surface area (Å²) in [7, 11) is 0. The Morgan fingerprint density at radius 3 is 2.50 bits per heavy atom. The van der Waals surface area contributed by atoms with Gasteiger partial charge < -0.3 is 9.80 Å². The normalized spacial score (nSPS) is 19.7. The lowest BCUT2D eigenvalue weighted by atomic mass is 10.3. The van der Waals surface area contributed by atoms with Crippen LogP contribution in [-0.2, 0) is 4.79 Å². The Kier molecular flexibility index (Phi) is 4.42. The number of aryl methyl sites for hydroxylation is 1. The number of aromatic nitrogens is 2. The molecule has 2 aliphatic heterocycles. The fourth-order valence-corrected chi connectivity index (χ4v) is 3.09. The van der Waals surface area contributed by atoms with E-state index in [0.717, 1.165) is 57.8 Å². The van der Waals surface area contributed by atoms with Gasteiger partial charge in [0, 0.05) is 51.0 Å². The van der Waals surface area contributed by atoms with Gasteiger partial charge in [0.1, 0.15) is 0 Å². The summed E-state index contributed by atoms with van der Waals surface area (Å²) < 4.78 is 0. The summed E-state index contributed by atoms with van der Waals surface area (Å²) in [5, 5.41) is 0. The lowest BCUT2D eigenvalue weighted by Gasteiger charge is -2.35. The van der Waals surface area contributed by atoms with Gasteiger partial charge in [0.15, 0.2) is 0 Å². The fourth-order valence-electron chi connectivity index (χ4n) is 3.09. The molecule has 0 bridgehead atoms. The quantitative estimate of drug-likeness (QED) is 0.839. The highest BCUT2D eigenvalue weighted by Gasteiger charge is 2.24. The third kappa shape index (κ3) is 3.47. The molecular weight excluding hydrogens is 282 g/mol. The summed E-state index contributed by atoms with van der Waals surface area (Å²) in [6.07, 6.45) is 2.26. The fraction of sp³-hybridized carbons (Fsp3) is 0.667. The van der Waals surface area contributed by atoms with Crippen molar-refractivity contribution in [2.24, 2.45) is 0 Å². The van der Waals surface area contributed by atoms with E-state index in [1.807, 2.05) is 11.8 Å². The van der Waals surface area contributed by atoms with Crippen molar-refractivity contribution in [3.05, 3.63) is 22.1 Å². The predicted octanol–water partition coefficient (Wildman–Crippen LogP) is -0.177. The van der Waals surface area contributed by atoms with Gasteiger partial charge in [0.05, 0.1) is 6.54 Å². The summed E-state index contributed by atoms with van der Waals surface area (Å²) in [6, 6.07) is 1.49. The van der Waals surface area contributed by atoms with Crippen molar-refractivity contribution in [2.45, 2.75) is 19.8 Å². The number of amides is 1. The van der Waals surface area contributed by atoms with Crippen LogP contribution in [0.15, 0.2) is 10.9 Å². The molecule has 7 nitrogen and oxygen atoms in total. The molecule has 0 unspecified atom stereocenters.